The number of nitriles is 1. The molecule has 34 heavy (non-hydrogen) atoms. The number of carbonyl (C=O) groups excluding carboxylic acids is 1. The minimum atomic E-state index is -3.18. The summed E-state index contributed by atoms with van der Waals surface area (Å²) in [6, 6.07) is 1.60. The fourth-order valence-corrected chi connectivity index (χ4v) is 8.15. The van der Waals surface area contributed by atoms with Gasteiger partial charge in [0.1, 0.15) is 21.8 Å². The van der Waals surface area contributed by atoms with Crippen LogP contribution in [-0.4, -0.2) is 58.7 Å². The normalized spacial score (nSPS) is 25.9. The Morgan fingerprint density at radius 3 is 2.62 bits per heavy atom. The highest BCUT2D eigenvalue weighted by atomic mass is 32.2. The topological polar surface area (TPSA) is 103 Å². The second kappa shape index (κ2) is 9.47. The molecule has 0 radical (unpaired) electrons. The van der Waals surface area contributed by atoms with E-state index >= 15 is 0 Å². The number of nitrogens with zero attached hydrogens (tertiary/aromatic N) is 4. The second-order valence-corrected chi connectivity index (χ2v) is 13.1. The lowest BCUT2D eigenvalue weighted by Crippen LogP contribution is -2.40. The summed E-state index contributed by atoms with van der Waals surface area (Å²) < 4.78 is 25.9. The van der Waals surface area contributed by atoms with Crippen LogP contribution in [0.3, 0.4) is 0 Å². The zero-order valence-corrected chi connectivity index (χ0v) is 22.0. The van der Waals surface area contributed by atoms with Crippen LogP contribution in [0, 0.1) is 24.2 Å². The Labute approximate surface area is 209 Å². The molecule has 3 aliphatic rings. The zero-order valence-electron chi connectivity index (χ0n) is 19.5. The fourth-order valence-electron chi connectivity index (χ4n) is 5.06. The van der Waals surface area contributed by atoms with Crippen LogP contribution in [0.2, 0.25) is 0 Å². The van der Waals surface area contributed by atoms with Gasteiger partial charge in [-0.3, -0.25) is 19.1 Å². The van der Waals surface area contributed by atoms with Crippen molar-refractivity contribution in [1.29, 1.82) is 5.26 Å². The number of thioether (sulfide) groups is 1. The number of aromatic nitrogens is 1. The molecule has 2 unspecified atom stereocenters. The van der Waals surface area contributed by atoms with Crippen molar-refractivity contribution < 1.29 is 13.2 Å². The third kappa shape index (κ3) is 4.43. The van der Waals surface area contributed by atoms with E-state index in [4.69, 9.17) is 12.2 Å². The maximum atomic E-state index is 13.4. The Bertz CT molecular complexity index is 1290. The van der Waals surface area contributed by atoms with Gasteiger partial charge in [0, 0.05) is 25.2 Å². The Morgan fingerprint density at radius 2 is 2.03 bits per heavy atom. The standard InChI is InChI=1S/C23H28N4O4S3/c1-4-26-20(25-8-5-6-14(2)12-25)17(15(3)18(11-24)21(26)28)10-19-22(29)27(23(32)33-19)16-7-9-34(30,31)13-16/h10,14,16H,4-9,12-13H2,1-3H3. The van der Waals surface area contributed by atoms with Gasteiger partial charge in [-0.2, -0.15) is 5.26 Å². The first-order chi connectivity index (χ1) is 16.1. The maximum Gasteiger partial charge on any atom is 0.270 e. The van der Waals surface area contributed by atoms with Crippen LogP contribution in [0.4, 0.5) is 5.82 Å². The highest BCUT2D eigenvalue weighted by molar-refractivity contribution is 8.26. The van der Waals surface area contributed by atoms with Gasteiger partial charge in [-0.05, 0) is 50.7 Å². The van der Waals surface area contributed by atoms with Crippen LogP contribution >= 0.6 is 24.0 Å². The number of sulfone groups is 1. The van der Waals surface area contributed by atoms with Crippen molar-refractivity contribution in [2.45, 2.75) is 52.6 Å². The monoisotopic (exact) mass is 520 g/mol. The molecule has 1 amide bonds. The van der Waals surface area contributed by atoms with Gasteiger partial charge in [0.2, 0.25) is 0 Å². The van der Waals surface area contributed by atoms with Gasteiger partial charge in [0.05, 0.1) is 22.5 Å². The summed E-state index contributed by atoms with van der Waals surface area (Å²) in [4.78, 5) is 30.5. The number of carbonyl (C=O) groups is 1. The number of thiocarbonyl (C=S) groups is 1. The molecule has 8 nitrogen and oxygen atoms in total. The molecule has 3 aliphatic heterocycles. The molecule has 0 saturated carbocycles. The molecule has 0 aromatic carbocycles. The molecule has 0 bridgehead atoms. The van der Waals surface area contributed by atoms with Crippen LogP contribution in [-0.2, 0) is 21.2 Å². The number of piperidine rings is 1. The van der Waals surface area contributed by atoms with E-state index in [-0.39, 0.29) is 28.5 Å². The number of pyridine rings is 1. The fraction of sp³-hybridized carbons (Fsp3) is 0.565. The number of hydrogen-bond donors (Lipinski definition) is 0. The Kier molecular flexibility index (Phi) is 6.95. The van der Waals surface area contributed by atoms with E-state index in [0.29, 0.717) is 39.2 Å². The number of amides is 1. The smallest absolute Gasteiger partial charge is 0.270 e. The molecule has 1 aromatic heterocycles. The Balaban J connectivity index is 1.84. The summed E-state index contributed by atoms with van der Waals surface area (Å²) >= 11 is 6.61. The largest absolute Gasteiger partial charge is 0.357 e. The summed E-state index contributed by atoms with van der Waals surface area (Å²) in [5, 5.41) is 9.72. The molecule has 4 heterocycles. The molecule has 4 rings (SSSR count). The lowest BCUT2D eigenvalue weighted by molar-refractivity contribution is -0.123. The van der Waals surface area contributed by atoms with Crippen LogP contribution in [0.25, 0.3) is 6.08 Å². The zero-order chi connectivity index (χ0) is 24.8. The molecule has 0 N–H and O–H groups in total. The average molecular weight is 521 g/mol. The molecule has 182 valence electrons. The molecule has 1 aromatic rings. The van der Waals surface area contributed by atoms with Gasteiger partial charge >= 0.3 is 0 Å². The van der Waals surface area contributed by atoms with Crippen molar-refractivity contribution in [2.75, 3.05) is 29.5 Å². The third-order valence-electron chi connectivity index (χ3n) is 6.79. The van der Waals surface area contributed by atoms with Crippen molar-refractivity contribution in [3.63, 3.8) is 0 Å². The van der Waals surface area contributed by atoms with Crippen molar-refractivity contribution in [3.8, 4) is 6.07 Å². The van der Waals surface area contributed by atoms with E-state index in [0.717, 1.165) is 43.5 Å². The van der Waals surface area contributed by atoms with E-state index in [2.05, 4.69) is 11.8 Å². The first kappa shape index (κ1) is 24.9. The van der Waals surface area contributed by atoms with Crippen molar-refractivity contribution in [1.82, 2.24) is 9.47 Å². The molecule has 2 atom stereocenters. The highest BCUT2D eigenvalue weighted by Crippen LogP contribution is 2.39. The van der Waals surface area contributed by atoms with E-state index in [1.54, 1.807) is 17.6 Å². The highest BCUT2D eigenvalue weighted by Gasteiger charge is 2.42. The molecule has 11 heteroatoms. The predicted molar refractivity (Wildman–Crippen MR) is 139 cm³/mol. The SMILES string of the molecule is CCn1c(N2CCCC(C)C2)c(C=C2SC(=S)N(C3CCS(=O)(=O)C3)C2=O)c(C)c(C#N)c1=O. The van der Waals surface area contributed by atoms with Crippen molar-refractivity contribution in [3.05, 3.63) is 31.9 Å². The molecular weight excluding hydrogens is 492 g/mol. The lowest BCUT2D eigenvalue weighted by atomic mass is 9.98. The van der Waals surface area contributed by atoms with E-state index in [9.17, 15) is 23.3 Å². The Hall–Kier alpha value is -2.16. The molecule has 0 spiro atoms. The quantitative estimate of drug-likeness (QED) is 0.441. The van der Waals surface area contributed by atoms with Crippen molar-refractivity contribution >= 4 is 55.9 Å². The lowest BCUT2D eigenvalue weighted by Gasteiger charge is -2.35. The van der Waals surface area contributed by atoms with Gasteiger partial charge in [-0.15, -0.1) is 0 Å². The molecule has 3 saturated heterocycles. The summed E-state index contributed by atoms with van der Waals surface area (Å²) in [6.45, 7) is 7.77. The second-order valence-electron chi connectivity index (χ2n) is 9.20. The first-order valence-electron chi connectivity index (χ1n) is 11.5. The number of anilines is 1. The van der Waals surface area contributed by atoms with E-state index in [1.165, 1.54) is 4.90 Å². The summed E-state index contributed by atoms with van der Waals surface area (Å²) in [5.41, 5.74) is 0.960. The van der Waals surface area contributed by atoms with Gasteiger partial charge in [0.15, 0.2) is 9.84 Å². The molecule has 0 aliphatic carbocycles. The van der Waals surface area contributed by atoms with Crippen LogP contribution in [0.5, 0.6) is 0 Å². The minimum absolute atomic E-state index is 0.0527. The van der Waals surface area contributed by atoms with E-state index in [1.807, 2.05) is 13.0 Å². The van der Waals surface area contributed by atoms with Gasteiger partial charge in [0.25, 0.3) is 11.5 Å². The van der Waals surface area contributed by atoms with Gasteiger partial charge < -0.3 is 4.90 Å². The number of hydrogen-bond acceptors (Lipinski definition) is 8. The predicted octanol–water partition coefficient (Wildman–Crippen LogP) is 2.67. The third-order valence-corrected chi connectivity index (χ3v) is 9.87. The summed E-state index contributed by atoms with van der Waals surface area (Å²) in [7, 11) is -3.18. The van der Waals surface area contributed by atoms with Crippen LogP contribution < -0.4 is 10.5 Å². The Morgan fingerprint density at radius 1 is 1.29 bits per heavy atom. The van der Waals surface area contributed by atoms with Gasteiger partial charge in [-0.1, -0.05) is 30.9 Å². The minimum Gasteiger partial charge on any atom is -0.357 e. The molecule has 3 fully saturated rings. The average Bonchev–Trinajstić information content (AvgIpc) is 3.27. The van der Waals surface area contributed by atoms with Crippen LogP contribution in [0.15, 0.2) is 9.70 Å². The number of rotatable bonds is 4. The summed E-state index contributed by atoms with van der Waals surface area (Å²) in [6.07, 6.45) is 4.21. The van der Waals surface area contributed by atoms with Crippen molar-refractivity contribution in [2.24, 2.45) is 5.92 Å². The molecular formula is C23H28N4O4S3. The first-order valence-corrected chi connectivity index (χ1v) is 14.5. The van der Waals surface area contributed by atoms with Gasteiger partial charge in [-0.25, -0.2) is 8.42 Å². The van der Waals surface area contributed by atoms with Crippen LogP contribution in [0.1, 0.15) is 49.8 Å². The van der Waals surface area contributed by atoms with E-state index < -0.39 is 15.9 Å². The maximum absolute atomic E-state index is 13.4. The summed E-state index contributed by atoms with van der Waals surface area (Å²) in [5.74, 6) is 0.839.